The smallest absolute Gasteiger partial charge is 0.348 e. The molecule has 11 unspecified atom stereocenters. The summed E-state index contributed by atoms with van der Waals surface area (Å²) in [7, 11) is 1.11. The van der Waals surface area contributed by atoms with Gasteiger partial charge in [-0.05, 0) is 36.2 Å². The average Bonchev–Trinajstić information content (AvgIpc) is 3.17. The molecule has 5 rings (SSSR count). The van der Waals surface area contributed by atoms with Crippen molar-refractivity contribution < 1.29 is 53.4 Å². The van der Waals surface area contributed by atoms with Crippen molar-refractivity contribution in [2.75, 3.05) is 13.7 Å². The zero-order chi connectivity index (χ0) is 27.9. The number of hydrogen-bond acceptors (Lipinski definition) is 11. The highest BCUT2D eigenvalue weighted by molar-refractivity contribution is 5.95. The maximum Gasteiger partial charge on any atom is 0.348 e. The van der Waals surface area contributed by atoms with Gasteiger partial charge in [0.1, 0.15) is 12.2 Å². The molecule has 0 aromatic carbocycles. The second kappa shape index (κ2) is 8.76. The number of carbonyl (C=O) groups excluding carboxylic acids is 4. The highest BCUT2D eigenvalue weighted by atomic mass is 16.6. The van der Waals surface area contributed by atoms with Gasteiger partial charge in [-0.15, -0.1) is 0 Å². The number of allylic oxidation sites excluding steroid dienone is 2. The van der Waals surface area contributed by atoms with Gasteiger partial charge in [0.2, 0.25) is 11.7 Å². The Hall–Kier alpha value is -2.50. The van der Waals surface area contributed by atoms with E-state index in [1.165, 1.54) is 0 Å². The minimum atomic E-state index is -2.20. The van der Waals surface area contributed by atoms with Crippen molar-refractivity contribution in [1.29, 1.82) is 0 Å². The molecule has 2 heterocycles. The summed E-state index contributed by atoms with van der Waals surface area (Å²) in [5.41, 5.74) is -4.05. The van der Waals surface area contributed by atoms with Crippen LogP contribution >= 0.6 is 0 Å². The van der Waals surface area contributed by atoms with Gasteiger partial charge in [-0.25, -0.2) is 9.59 Å². The summed E-state index contributed by atoms with van der Waals surface area (Å²) in [6.07, 6.45) is -5.14. The molecule has 0 amide bonds. The minimum Gasteiger partial charge on any atom is -0.504 e. The molecule has 2 saturated heterocycles. The third-order valence-corrected chi connectivity index (χ3v) is 10.3. The third kappa shape index (κ3) is 3.18. The number of aliphatic hydroxyl groups excluding tert-OH is 3. The number of ketones is 1. The lowest BCUT2D eigenvalue weighted by atomic mass is 9.38. The van der Waals surface area contributed by atoms with Crippen LogP contribution < -0.4 is 0 Å². The molecular formula is C27H36O11. The highest BCUT2D eigenvalue weighted by Crippen LogP contribution is 2.72. The van der Waals surface area contributed by atoms with Crippen LogP contribution in [-0.4, -0.2) is 82.7 Å². The molecular weight excluding hydrogens is 500 g/mol. The SMILES string of the molecule is CCC(C)CC(=O)OC1C(=O)OC2CC3C(C)=C(O)C(=O)CC3(C)C3C(O)C(O)C4(C(=O)OC)OCC23C14. The highest BCUT2D eigenvalue weighted by Gasteiger charge is 2.85. The van der Waals surface area contributed by atoms with E-state index in [0.29, 0.717) is 12.0 Å². The van der Waals surface area contributed by atoms with E-state index in [4.69, 9.17) is 18.9 Å². The summed E-state index contributed by atoms with van der Waals surface area (Å²) in [4.78, 5) is 52.6. The number of ether oxygens (including phenoxy) is 4. The maximum absolute atomic E-state index is 13.5. The first kappa shape index (κ1) is 27.1. The van der Waals surface area contributed by atoms with Crippen LogP contribution in [0.5, 0.6) is 0 Å². The second-order valence-corrected chi connectivity index (χ2v) is 12.1. The fourth-order valence-corrected chi connectivity index (χ4v) is 8.47. The standard InChI is InChI=1S/C27H36O11/c1-6-11(2)7-16(29)38-19-21-26-10-36-27(21,24(34)35-5)22(32)18(31)20(26)25(4)9-14(28)17(30)12(3)13(25)8-15(26)37-23(19)33/h11,13,15,18-22,30-32H,6-10H2,1-5H3. The van der Waals surface area contributed by atoms with Crippen LogP contribution in [-0.2, 0) is 38.1 Å². The van der Waals surface area contributed by atoms with Crippen LogP contribution in [0.3, 0.4) is 0 Å². The van der Waals surface area contributed by atoms with Crippen LogP contribution in [0.4, 0.5) is 0 Å². The third-order valence-electron chi connectivity index (χ3n) is 10.3. The molecule has 210 valence electrons. The van der Waals surface area contributed by atoms with E-state index in [1.54, 1.807) is 13.8 Å². The zero-order valence-corrected chi connectivity index (χ0v) is 22.3. The van der Waals surface area contributed by atoms with Crippen LogP contribution in [0.2, 0.25) is 0 Å². The van der Waals surface area contributed by atoms with Crippen molar-refractivity contribution in [3.8, 4) is 0 Å². The van der Waals surface area contributed by atoms with Crippen molar-refractivity contribution in [3.05, 3.63) is 11.3 Å². The Morgan fingerprint density at radius 1 is 1.21 bits per heavy atom. The normalized spacial score (nSPS) is 46.0. The van der Waals surface area contributed by atoms with Crippen molar-refractivity contribution in [3.63, 3.8) is 0 Å². The topological polar surface area (TPSA) is 166 Å². The summed E-state index contributed by atoms with van der Waals surface area (Å²) in [6.45, 7) is 7.01. The quantitative estimate of drug-likeness (QED) is 0.339. The predicted molar refractivity (Wildman–Crippen MR) is 127 cm³/mol. The molecule has 1 spiro atoms. The van der Waals surface area contributed by atoms with Gasteiger partial charge in [-0.3, -0.25) is 9.59 Å². The average molecular weight is 537 g/mol. The lowest BCUT2D eigenvalue weighted by Crippen LogP contribution is -2.79. The lowest BCUT2D eigenvalue weighted by molar-refractivity contribution is -0.290. The van der Waals surface area contributed by atoms with Gasteiger partial charge >= 0.3 is 17.9 Å². The summed E-state index contributed by atoms with van der Waals surface area (Å²) < 4.78 is 22.7. The largest absolute Gasteiger partial charge is 0.504 e. The molecule has 2 saturated carbocycles. The number of methoxy groups -OCH3 is 1. The van der Waals surface area contributed by atoms with Gasteiger partial charge in [0, 0.05) is 24.2 Å². The van der Waals surface area contributed by atoms with E-state index in [9.17, 15) is 34.5 Å². The monoisotopic (exact) mass is 536 g/mol. The Bertz CT molecular complexity index is 1110. The molecule has 4 fully saturated rings. The van der Waals surface area contributed by atoms with Crippen molar-refractivity contribution >= 4 is 23.7 Å². The second-order valence-electron chi connectivity index (χ2n) is 12.1. The summed E-state index contributed by atoms with van der Waals surface area (Å²) in [5.74, 6) is -6.01. The van der Waals surface area contributed by atoms with Gasteiger partial charge in [-0.1, -0.05) is 27.2 Å². The lowest BCUT2D eigenvalue weighted by Gasteiger charge is -2.67. The molecule has 0 radical (unpaired) electrons. The van der Waals surface area contributed by atoms with E-state index < -0.39 is 82.3 Å². The van der Waals surface area contributed by atoms with Gasteiger partial charge in [-0.2, -0.15) is 0 Å². The molecule has 3 N–H and O–H groups in total. The summed E-state index contributed by atoms with van der Waals surface area (Å²) in [5, 5.41) is 33.7. The van der Waals surface area contributed by atoms with Crippen molar-refractivity contribution in [1.82, 2.24) is 0 Å². The zero-order valence-electron chi connectivity index (χ0n) is 22.3. The van der Waals surface area contributed by atoms with E-state index >= 15 is 0 Å². The van der Waals surface area contributed by atoms with Crippen LogP contribution in [0.15, 0.2) is 11.3 Å². The molecule has 11 nitrogen and oxygen atoms in total. The number of aliphatic hydroxyl groups is 3. The molecule has 38 heavy (non-hydrogen) atoms. The van der Waals surface area contributed by atoms with Crippen LogP contribution in [0, 0.1) is 34.5 Å². The van der Waals surface area contributed by atoms with E-state index in [1.807, 2.05) is 13.8 Å². The Balaban J connectivity index is 1.69. The fraction of sp³-hybridized carbons (Fsp3) is 0.778. The van der Waals surface area contributed by atoms with Crippen molar-refractivity contribution in [2.45, 2.75) is 83.4 Å². The van der Waals surface area contributed by atoms with Gasteiger partial charge < -0.3 is 34.3 Å². The van der Waals surface area contributed by atoms with Gasteiger partial charge in [0.25, 0.3) is 0 Å². The first-order valence-electron chi connectivity index (χ1n) is 13.2. The number of carbonyl (C=O) groups is 4. The summed E-state index contributed by atoms with van der Waals surface area (Å²) in [6, 6.07) is 0. The first-order valence-corrected chi connectivity index (χ1v) is 13.2. The van der Waals surface area contributed by atoms with E-state index in [-0.39, 0.29) is 37.5 Å². The molecule has 2 aliphatic heterocycles. The summed E-state index contributed by atoms with van der Waals surface area (Å²) >= 11 is 0. The maximum atomic E-state index is 13.5. The van der Waals surface area contributed by atoms with E-state index in [0.717, 1.165) is 7.11 Å². The molecule has 11 atom stereocenters. The number of hydrogen-bond donors (Lipinski definition) is 3. The molecule has 2 bridgehead atoms. The van der Waals surface area contributed by atoms with Crippen LogP contribution in [0.1, 0.15) is 53.4 Å². The number of rotatable bonds is 5. The van der Waals surface area contributed by atoms with Crippen molar-refractivity contribution in [2.24, 2.45) is 34.5 Å². The Labute approximate surface area is 220 Å². The van der Waals surface area contributed by atoms with Gasteiger partial charge in [0.05, 0.1) is 25.7 Å². The number of fused-ring (bicyclic) bond motifs is 2. The Morgan fingerprint density at radius 2 is 1.89 bits per heavy atom. The molecule has 3 aliphatic carbocycles. The predicted octanol–water partition coefficient (Wildman–Crippen LogP) is 0.987. The number of esters is 3. The van der Waals surface area contributed by atoms with E-state index in [2.05, 4.69) is 0 Å². The molecule has 5 aliphatic rings. The number of Topliss-reactive ketones (excluding diaryl/α,β-unsaturated/α-hetero) is 1. The Kier molecular flexibility index (Phi) is 6.24. The van der Waals surface area contributed by atoms with Gasteiger partial charge in [0.15, 0.2) is 11.5 Å². The fourth-order valence-electron chi connectivity index (χ4n) is 8.47. The Morgan fingerprint density at radius 3 is 2.53 bits per heavy atom. The van der Waals surface area contributed by atoms with Crippen LogP contribution in [0.25, 0.3) is 0 Å². The molecule has 11 heteroatoms. The minimum absolute atomic E-state index is 0.0212. The first-order chi connectivity index (χ1) is 17.8. The molecule has 0 aromatic rings. The molecule has 0 aromatic heterocycles.